The van der Waals surface area contributed by atoms with Gasteiger partial charge in [0.25, 0.3) is 5.91 Å². The molecule has 1 aliphatic rings. The molecule has 0 radical (unpaired) electrons. The van der Waals surface area contributed by atoms with Crippen molar-refractivity contribution in [3.63, 3.8) is 0 Å². The van der Waals surface area contributed by atoms with Crippen LogP contribution in [0.5, 0.6) is 5.75 Å². The second kappa shape index (κ2) is 6.70. The number of halogens is 3. The Kier molecular flexibility index (Phi) is 4.58. The summed E-state index contributed by atoms with van der Waals surface area (Å²) in [5, 5.41) is 2.39. The van der Waals surface area contributed by atoms with Crippen LogP contribution in [0.4, 0.5) is 18.0 Å². The predicted molar refractivity (Wildman–Crippen MR) is 85.8 cm³/mol. The van der Waals surface area contributed by atoms with Crippen molar-refractivity contribution in [1.82, 2.24) is 10.2 Å². The molecule has 0 aromatic heterocycles. The third kappa shape index (κ3) is 3.22. The summed E-state index contributed by atoms with van der Waals surface area (Å²) in [4.78, 5) is 25.6. The lowest BCUT2D eigenvalue weighted by molar-refractivity contribution is -0.131. The number of urea groups is 1. The van der Waals surface area contributed by atoms with E-state index in [1.807, 2.05) is 0 Å². The Morgan fingerprint density at radius 2 is 1.81 bits per heavy atom. The summed E-state index contributed by atoms with van der Waals surface area (Å²) in [6.07, 6.45) is 0. The average Bonchev–Trinajstić information content (AvgIpc) is 2.81. The molecule has 26 heavy (non-hydrogen) atoms. The molecule has 0 saturated carbocycles. The highest BCUT2D eigenvalue weighted by Gasteiger charge is 2.50. The molecular formula is C18H15F3N2O3. The number of nitrogens with zero attached hydrogens (tertiary/aromatic N) is 1. The molecule has 0 bridgehead atoms. The van der Waals surface area contributed by atoms with Gasteiger partial charge in [-0.1, -0.05) is 6.07 Å². The summed E-state index contributed by atoms with van der Waals surface area (Å²) in [5.74, 6) is -2.49. The van der Waals surface area contributed by atoms with Crippen LogP contribution in [0.1, 0.15) is 12.5 Å². The number of hydrogen-bond donors (Lipinski definition) is 1. The van der Waals surface area contributed by atoms with Gasteiger partial charge in [0, 0.05) is 11.6 Å². The molecule has 1 N–H and O–H groups in total. The Labute approximate surface area is 147 Å². The first-order chi connectivity index (χ1) is 12.3. The topological polar surface area (TPSA) is 58.6 Å². The Morgan fingerprint density at radius 3 is 2.54 bits per heavy atom. The van der Waals surface area contributed by atoms with Crippen molar-refractivity contribution in [2.45, 2.75) is 12.5 Å². The maximum atomic E-state index is 14.1. The van der Waals surface area contributed by atoms with Gasteiger partial charge in [0.05, 0.1) is 6.54 Å². The molecule has 2 aromatic carbocycles. The molecule has 8 heteroatoms. The van der Waals surface area contributed by atoms with E-state index in [1.54, 1.807) is 0 Å². The minimum absolute atomic E-state index is 0.0790. The van der Waals surface area contributed by atoms with E-state index in [1.165, 1.54) is 25.1 Å². The molecule has 5 nitrogen and oxygen atoms in total. The van der Waals surface area contributed by atoms with Crippen LogP contribution in [0.2, 0.25) is 0 Å². The van der Waals surface area contributed by atoms with Crippen LogP contribution < -0.4 is 10.1 Å². The summed E-state index contributed by atoms with van der Waals surface area (Å²) in [6, 6.07) is 7.36. The second-order valence-corrected chi connectivity index (χ2v) is 5.94. The summed E-state index contributed by atoms with van der Waals surface area (Å²) in [5.41, 5.74) is -1.98. The zero-order valence-electron chi connectivity index (χ0n) is 13.8. The zero-order valence-corrected chi connectivity index (χ0v) is 13.8. The van der Waals surface area contributed by atoms with Gasteiger partial charge in [-0.05, 0) is 37.3 Å². The molecule has 1 fully saturated rings. The lowest BCUT2D eigenvalue weighted by Gasteiger charge is -2.22. The molecule has 1 unspecified atom stereocenters. The van der Waals surface area contributed by atoms with Crippen molar-refractivity contribution < 1.29 is 27.5 Å². The van der Waals surface area contributed by atoms with Crippen LogP contribution in [0, 0.1) is 17.5 Å². The van der Waals surface area contributed by atoms with Gasteiger partial charge in [0.15, 0.2) is 0 Å². The maximum absolute atomic E-state index is 14.1. The highest BCUT2D eigenvalue weighted by molar-refractivity contribution is 6.07. The SMILES string of the molecule is CC1(c2cc(F)ccc2F)NC(=O)N(CCOc2cccc(F)c2)C1=O. The predicted octanol–water partition coefficient (Wildman–Crippen LogP) is 2.95. The standard InChI is InChI=1S/C18H15F3N2O3/c1-18(14-10-12(20)5-6-15(14)21)16(24)23(17(25)22-18)7-8-26-13-4-2-3-11(19)9-13/h2-6,9-10H,7-8H2,1H3,(H,22,25). The van der Waals surface area contributed by atoms with Gasteiger partial charge in [-0.15, -0.1) is 0 Å². The molecule has 2 aromatic rings. The number of imide groups is 1. The highest BCUT2D eigenvalue weighted by Crippen LogP contribution is 2.31. The highest BCUT2D eigenvalue weighted by atomic mass is 19.1. The largest absolute Gasteiger partial charge is 0.492 e. The minimum Gasteiger partial charge on any atom is -0.492 e. The van der Waals surface area contributed by atoms with Crippen molar-refractivity contribution in [2.24, 2.45) is 0 Å². The molecule has 0 spiro atoms. The quantitative estimate of drug-likeness (QED) is 0.830. The number of ether oxygens (including phenoxy) is 1. The van der Waals surface area contributed by atoms with Crippen molar-refractivity contribution in [1.29, 1.82) is 0 Å². The summed E-state index contributed by atoms with van der Waals surface area (Å²) in [6.45, 7) is 1.09. The van der Waals surface area contributed by atoms with Crippen molar-refractivity contribution in [3.8, 4) is 5.75 Å². The fourth-order valence-corrected chi connectivity index (χ4v) is 2.77. The minimum atomic E-state index is -1.72. The first-order valence-electron chi connectivity index (χ1n) is 7.79. The summed E-state index contributed by atoms with van der Waals surface area (Å²) >= 11 is 0. The van der Waals surface area contributed by atoms with Gasteiger partial charge < -0.3 is 10.1 Å². The molecule has 1 aliphatic heterocycles. The smallest absolute Gasteiger partial charge is 0.325 e. The number of carbonyl (C=O) groups excluding carboxylic acids is 2. The fourth-order valence-electron chi connectivity index (χ4n) is 2.77. The number of nitrogens with one attached hydrogen (secondary N) is 1. The van der Waals surface area contributed by atoms with E-state index in [9.17, 15) is 22.8 Å². The van der Waals surface area contributed by atoms with E-state index >= 15 is 0 Å². The molecule has 0 aliphatic carbocycles. The molecule has 1 atom stereocenters. The van der Waals surface area contributed by atoms with Crippen LogP contribution >= 0.6 is 0 Å². The van der Waals surface area contributed by atoms with E-state index in [0.29, 0.717) is 0 Å². The number of rotatable bonds is 5. The third-order valence-corrected chi connectivity index (χ3v) is 4.12. The van der Waals surface area contributed by atoms with Gasteiger partial charge in [-0.2, -0.15) is 0 Å². The molecule has 3 rings (SSSR count). The fraction of sp³-hybridized carbons (Fsp3) is 0.222. The summed E-state index contributed by atoms with van der Waals surface area (Å²) < 4.78 is 45.9. The number of benzene rings is 2. The lowest BCUT2D eigenvalue weighted by atomic mass is 9.91. The van der Waals surface area contributed by atoms with Crippen LogP contribution in [0.3, 0.4) is 0 Å². The first-order valence-corrected chi connectivity index (χ1v) is 7.79. The normalized spacial score (nSPS) is 19.6. The first kappa shape index (κ1) is 17.8. The number of hydrogen-bond acceptors (Lipinski definition) is 3. The van der Waals surface area contributed by atoms with Crippen LogP contribution in [0.15, 0.2) is 42.5 Å². The van der Waals surface area contributed by atoms with Gasteiger partial charge >= 0.3 is 6.03 Å². The van der Waals surface area contributed by atoms with Crippen molar-refractivity contribution >= 4 is 11.9 Å². The molecule has 3 amide bonds. The van der Waals surface area contributed by atoms with E-state index in [2.05, 4.69) is 5.32 Å². The van der Waals surface area contributed by atoms with Gasteiger partial charge in [-0.25, -0.2) is 18.0 Å². The van der Waals surface area contributed by atoms with Crippen molar-refractivity contribution in [3.05, 3.63) is 65.5 Å². The monoisotopic (exact) mass is 364 g/mol. The van der Waals surface area contributed by atoms with Gasteiger partial charge in [0.1, 0.15) is 35.3 Å². The molecule has 1 saturated heterocycles. The van der Waals surface area contributed by atoms with Crippen LogP contribution in [0.25, 0.3) is 0 Å². The Morgan fingerprint density at radius 1 is 1.08 bits per heavy atom. The Balaban J connectivity index is 1.73. The molecular weight excluding hydrogens is 349 g/mol. The second-order valence-electron chi connectivity index (χ2n) is 5.94. The van der Waals surface area contributed by atoms with Gasteiger partial charge in [0.2, 0.25) is 0 Å². The third-order valence-electron chi connectivity index (χ3n) is 4.12. The Bertz CT molecular complexity index is 875. The van der Waals surface area contributed by atoms with Crippen molar-refractivity contribution in [2.75, 3.05) is 13.2 Å². The van der Waals surface area contributed by atoms with Gasteiger partial charge in [-0.3, -0.25) is 9.69 Å². The van der Waals surface area contributed by atoms with Crippen LogP contribution in [-0.2, 0) is 10.3 Å². The van der Waals surface area contributed by atoms with E-state index < -0.39 is 34.9 Å². The summed E-state index contributed by atoms with van der Waals surface area (Å²) in [7, 11) is 0. The number of amides is 3. The van der Waals surface area contributed by atoms with E-state index in [4.69, 9.17) is 4.74 Å². The number of carbonyl (C=O) groups is 2. The average molecular weight is 364 g/mol. The van der Waals surface area contributed by atoms with E-state index in [-0.39, 0.29) is 24.5 Å². The maximum Gasteiger partial charge on any atom is 0.325 e. The Hall–Kier alpha value is -3.03. The molecule has 1 heterocycles. The molecule has 136 valence electrons. The van der Waals surface area contributed by atoms with E-state index in [0.717, 1.165) is 29.2 Å². The van der Waals surface area contributed by atoms with Crippen LogP contribution in [-0.4, -0.2) is 30.0 Å². The lowest BCUT2D eigenvalue weighted by Crippen LogP contribution is -2.42. The zero-order chi connectivity index (χ0) is 18.9.